The van der Waals surface area contributed by atoms with E-state index in [1.165, 1.54) is 0 Å². The van der Waals surface area contributed by atoms with Crippen LogP contribution in [-0.2, 0) is 6.54 Å². The molecule has 1 heterocycles. The molecular weight excluding hydrogens is 254 g/mol. The Morgan fingerprint density at radius 2 is 1.90 bits per heavy atom. The quantitative estimate of drug-likeness (QED) is 0.786. The van der Waals surface area contributed by atoms with Gasteiger partial charge in [-0.05, 0) is 32.0 Å². The lowest BCUT2D eigenvalue weighted by Crippen LogP contribution is -2.06. The van der Waals surface area contributed by atoms with Crippen LogP contribution in [0.5, 0.6) is 11.5 Å². The van der Waals surface area contributed by atoms with Crippen molar-refractivity contribution in [3.8, 4) is 11.5 Å². The van der Waals surface area contributed by atoms with Crippen LogP contribution in [0.4, 0.5) is 0 Å². The number of carbonyl (C=O) groups is 1. The Labute approximate surface area is 118 Å². The molecule has 0 N–H and O–H groups in total. The molecule has 0 unspecified atom stereocenters. The summed E-state index contributed by atoms with van der Waals surface area (Å²) in [5, 5.41) is 0. The van der Waals surface area contributed by atoms with Gasteiger partial charge in [-0.1, -0.05) is 0 Å². The highest BCUT2D eigenvalue weighted by molar-refractivity contribution is 5.77. The van der Waals surface area contributed by atoms with E-state index in [1.54, 1.807) is 14.2 Å². The first-order valence-corrected chi connectivity index (χ1v) is 6.43. The molecule has 4 nitrogen and oxygen atoms in total. The van der Waals surface area contributed by atoms with E-state index in [2.05, 4.69) is 4.57 Å². The van der Waals surface area contributed by atoms with Crippen molar-refractivity contribution in [2.75, 3.05) is 14.2 Å². The summed E-state index contributed by atoms with van der Waals surface area (Å²) in [6.45, 7) is 4.61. The van der Waals surface area contributed by atoms with Crippen molar-refractivity contribution in [1.29, 1.82) is 0 Å². The van der Waals surface area contributed by atoms with E-state index in [0.29, 0.717) is 6.54 Å². The van der Waals surface area contributed by atoms with Gasteiger partial charge in [-0.25, -0.2) is 0 Å². The van der Waals surface area contributed by atoms with Gasteiger partial charge in [0, 0.05) is 28.6 Å². The molecule has 0 aliphatic heterocycles. The molecule has 0 radical (unpaired) electrons. The molecule has 0 fully saturated rings. The highest BCUT2D eigenvalue weighted by atomic mass is 16.5. The van der Waals surface area contributed by atoms with Crippen LogP contribution in [-0.4, -0.2) is 25.1 Å². The molecular formula is C16H19NO3. The van der Waals surface area contributed by atoms with E-state index < -0.39 is 0 Å². The van der Waals surface area contributed by atoms with E-state index >= 15 is 0 Å². The van der Waals surface area contributed by atoms with Gasteiger partial charge in [-0.2, -0.15) is 0 Å². The number of benzene rings is 1. The Hall–Kier alpha value is -2.23. The third-order valence-electron chi connectivity index (χ3n) is 3.56. The van der Waals surface area contributed by atoms with Crippen molar-refractivity contribution in [1.82, 2.24) is 4.57 Å². The highest BCUT2D eigenvalue weighted by Crippen LogP contribution is 2.26. The second-order valence-corrected chi connectivity index (χ2v) is 4.71. The zero-order chi connectivity index (χ0) is 14.7. The molecule has 0 bridgehead atoms. The van der Waals surface area contributed by atoms with Crippen molar-refractivity contribution in [2.24, 2.45) is 0 Å². The van der Waals surface area contributed by atoms with Crippen LogP contribution in [0.3, 0.4) is 0 Å². The van der Waals surface area contributed by atoms with E-state index in [-0.39, 0.29) is 0 Å². The van der Waals surface area contributed by atoms with Crippen molar-refractivity contribution in [3.05, 3.63) is 46.8 Å². The number of aromatic nitrogens is 1. The summed E-state index contributed by atoms with van der Waals surface area (Å²) in [6.07, 6.45) is 0.893. The fourth-order valence-electron chi connectivity index (χ4n) is 2.34. The van der Waals surface area contributed by atoms with Crippen LogP contribution in [0.15, 0.2) is 24.3 Å². The zero-order valence-corrected chi connectivity index (χ0v) is 12.3. The molecule has 2 aromatic rings. The molecule has 0 saturated carbocycles. The second-order valence-electron chi connectivity index (χ2n) is 4.71. The van der Waals surface area contributed by atoms with E-state index in [9.17, 15) is 4.79 Å². The van der Waals surface area contributed by atoms with E-state index in [0.717, 1.165) is 40.3 Å². The number of hydrogen-bond donors (Lipinski definition) is 0. The minimum atomic E-state index is 0.665. The number of carbonyl (C=O) groups excluding carboxylic acids is 1. The summed E-state index contributed by atoms with van der Waals surface area (Å²) < 4.78 is 12.7. The van der Waals surface area contributed by atoms with Crippen LogP contribution in [0.2, 0.25) is 0 Å². The number of aldehydes is 1. The fraction of sp³-hybridized carbons (Fsp3) is 0.312. The lowest BCUT2D eigenvalue weighted by Gasteiger charge is -2.14. The molecule has 0 spiro atoms. The molecule has 2 rings (SSSR count). The SMILES string of the molecule is COc1ccc(Cn2c(C)cc(C=O)c2C)c(OC)c1. The molecule has 106 valence electrons. The number of nitrogens with zero attached hydrogens (tertiary/aromatic N) is 1. The van der Waals surface area contributed by atoms with Crippen LogP contribution in [0.25, 0.3) is 0 Å². The molecule has 0 saturated heterocycles. The minimum absolute atomic E-state index is 0.665. The molecule has 4 heteroatoms. The largest absolute Gasteiger partial charge is 0.497 e. The standard InChI is InChI=1S/C16H19NO3/c1-11-7-14(10-18)12(2)17(11)9-13-5-6-15(19-3)8-16(13)20-4/h5-8,10H,9H2,1-4H3. The number of methoxy groups -OCH3 is 2. The average Bonchev–Trinajstić information content (AvgIpc) is 2.74. The molecule has 1 aromatic carbocycles. The third-order valence-corrected chi connectivity index (χ3v) is 3.56. The lowest BCUT2D eigenvalue weighted by atomic mass is 10.2. The lowest BCUT2D eigenvalue weighted by molar-refractivity contribution is 0.112. The predicted octanol–water partition coefficient (Wildman–Crippen LogP) is 2.98. The summed E-state index contributed by atoms with van der Waals surface area (Å²) in [7, 11) is 3.27. The Kier molecular flexibility index (Phi) is 4.13. The maximum atomic E-state index is 11.0. The number of ether oxygens (including phenoxy) is 2. The zero-order valence-electron chi connectivity index (χ0n) is 12.3. The maximum Gasteiger partial charge on any atom is 0.151 e. The Bertz CT molecular complexity index is 629. The predicted molar refractivity (Wildman–Crippen MR) is 77.9 cm³/mol. The molecule has 20 heavy (non-hydrogen) atoms. The Morgan fingerprint density at radius 3 is 2.45 bits per heavy atom. The van der Waals surface area contributed by atoms with Gasteiger partial charge in [-0.15, -0.1) is 0 Å². The molecule has 0 aliphatic carbocycles. The maximum absolute atomic E-state index is 11.0. The summed E-state index contributed by atoms with van der Waals surface area (Å²) in [6, 6.07) is 7.66. The van der Waals surface area contributed by atoms with Gasteiger partial charge in [0.25, 0.3) is 0 Å². The van der Waals surface area contributed by atoms with Crippen molar-refractivity contribution in [2.45, 2.75) is 20.4 Å². The summed E-state index contributed by atoms with van der Waals surface area (Å²) >= 11 is 0. The molecule has 0 aliphatic rings. The number of hydrogen-bond acceptors (Lipinski definition) is 3. The van der Waals surface area contributed by atoms with E-state index in [1.807, 2.05) is 38.1 Å². The van der Waals surface area contributed by atoms with Gasteiger partial charge >= 0.3 is 0 Å². The topological polar surface area (TPSA) is 40.5 Å². The second kappa shape index (κ2) is 5.82. The van der Waals surface area contributed by atoms with Crippen molar-refractivity contribution in [3.63, 3.8) is 0 Å². The number of aryl methyl sites for hydroxylation is 1. The van der Waals surface area contributed by atoms with E-state index in [4.69, 9.17) is 9.47 Å². The monoisotopic (exact) mass is 273 g/mol. The first-order chi connectivity index (χ1) is 9.60. The molecule has 1 aromatic heterocycles. The Morgan fingerprint density at radius 1 is 1.15 bits per heavy atom. The van der Waals surface area contributed by atoms with Gasteiger partial charge in [0.1, 0.15) is 11.5 Å². The van der Waals surface area contributed by atoms with Gasteiger partial charge in [0.2, 0.25) is 0 Å². The number of rotatable bonds is 5. The van der Waals surface area contributed by atoms with Crippen molar-refractivity contribution >= 4 is 6.29 Å². The van der Waals surface area contributed by atoms with Crippen LogP contribution >= 0.6 is 0 Å². The van der Waals surface area contributed by atoms with Gasteiger partial charge in [0.05, 0.1) is 20.8 Å². The van der Waals surface area contributed by atoms with Crippen LogP contribution < -0.4 is 9.47 Å². The average molecular weight is 273 g/mol. The van der Waals surface area contributed by atoms with Gasteiger partial charge in [-0.3, -0.25) is 4.79 Å². The van der Waals surface area contributed by atoms with Crippen LogP contribution in [0.1, 0.15) is 27.3 Å². The highest BCUT2D eigenvalue weighted by Gasteiger charge is 2.11. The normalized spacial score (nSPS) is 10.4. The summed E-state index contributed by atoms with van der Waals surface area (Å²) in [4.78, 5) is 11.0. The van der Waals surface area contributed by atoms with Gasteiger partial charge < -0.3 is 14.0 Å². The summed E-state index contributed by atoms with van der Waals surface area (Å²) in [5.74, 6) is 1.55. The molecule has 0 amide bonds. The summed E-state index contributed by atoms with van der Waals surface area (Å²) in [5.41, 5.74) is 3.81. The molecule has 0 atom stereocenters. The Balaban J connectivity index is 2.39. The first kappa shape index (κ1) is 14.2. The fourth-order valence-corrected chi connectivity index (χ4v) is 2.34. The minimum Gasteiger partial charge on any atom is -0.497 e. The van der Waals surface area contributed by atoms with Crippen LogP contribution in [0, 0.1) is 13.8 Å². The smallest absolute Gasteiger partial charge is 0.151 e. The van der Waals surface area contributed by atoms with Gasteiger partial charge in [0.15, 0.2) is 6.29 Å². The first-order valence-electron chi connectivity index (χ1n) is 6.43. The van der Waals surface area contributed by atoms with Crippen molar-refractivity contribution < 1.29 is 14.3 Å². The third kappa shape index (κ3) is 2.54.